The Hall–Kier alpha value is -1.21. The summed E-state index contributed by atoms with van der Waals surface area (Å²) in [5, 5.41) is 7.61. The van der Waals surface area contributed by atoms with Crippen LogP contribution in [0.4, 0.5) is 4.39 Å². The van der Waals surface area contributed by atoms with Crippen LogP contribution in [0.15, 0.2) is 16.7 Å². The smallest absolute Gasteiger partial charge is 0.259 e. The van der Waals surface area contributed by atoms with Crippen LogP contribution >= 0.6 is 24.0 Å². The van der Waals surface area contributed by atoms with E-state index in [0.717, 1.165) is 19.6 Å². The Morgan fingerprint density at radius 2 is 2.23 bits per heavy atom. The molecule has 1 aromatic carbocycles. The van der Waals surface area contributed by atoms with Crippen molar-refractivity contribution >= 4 is 24.0 Å². The van der Waals surface area contributed by atoms with Gasteiger partial charge in [-0.2, -0.15) is 4.98 Å². The zero-order valence-electron chi connectivity index (χ0n) is 12.3. The summed E-state index contributed by atoms with van der Waals surface area (Å²) in [6, 6.07) is 2.96. The van der Waals surface area contributed by atoms with Crippen LogP contribution in [-0.4, -0.2) is 41.7 Å². The quantitative estimate of drug-likeness (QED) is 0.905. The van der Waals surface area contributed by atoms with Gasteiger partial charge < -0.3 is 9.84 Å². The predicted molar refractivity (Wildman–Crippen MR) is 84.9 cm³/mol. The molecule has 120 valence electrons. The number of rotatable bonds is 2. The van der Waals surface area contributed by atoms with E-state index >= 15 is 0 Å². The van der Waals surface area contributed by atoms with E-state index in [0.29, 0.717) is 22.8 Å². The van der Waals surface area contributed by atoms with Crippen molar-refractivity contribution in [3.8, 4) is 11.5 Å². The second-order valence-corrected chi connectivity index (χ2v) is 5.65. The molecule has 5 nitrogen and oxygen atoms in total. The molecule has 1 saturated heterocycles. The van der Waals surface area contributed by atoms with Gasteiger partial charge in [0, 0.05) is 19.6 Å². The van der Waals surface area contributed by atoms with Gasteiger partial charge in [-0.25, -0.2) is 4.39 Å². The van der Waals surface area contributed by atoms with Crippen molar-refractivity contribution < 1.29 is 8.91 Å². The molecule has 0 bridgehead atoms. The lowest BCUT2D eigenvalue weighted by molar-refractivity contribution is 0.190. The lowest BCUT2D eigenvalue weighted by Crippen LogP contribution is -2.44. The molecular weight excluding hydrogens is 330 g/mol. The number of likely N-dealkylation sites (N-methyl/N-ethyl adjacent to an activating group) is 1. The van der Waals surface area contributed by atoms with E-state index in [1.54, 1.807) is 13.0 Å². The summed E-state index contributed by atoms with van der Waals surface area (Å²) in [5.74, 6) is 0.578. The molecule has 3 rings (SSSR count). The minimum absolute atomic E-state index is 0. The standard InChI is InChI=1S/C14H16ClFN4O.ClH/c1-8-5-9(10(15)6-11(8)16)14-18-13(19-21-14)12-7-17-3-4-20(12)2;/h5-6,12,17H,3-4,7H2,1-2H3;1H. The predicted octanol–water partition coefficient (Wildman–Crippen LogP) is 2.84. The number of hydrogen-bond acceptors (Lipinski definition) is 5. The van der Waals surface area contributed by atoms with Gasteiger partial charge in [0.05, 0.1) is 16.6 Å². The minimum Gasteiger partial charge on any atom is -0.334 e. The van der Waals surface area contributed by atoms with Gasteiger partial charge in [-0.1, -0.05) is 16.8 Å². The average molecular weight is 347 g/mol. The summed E-state index contributed by atoms with van der Waals surface area (Å²) in [6.07, 6.45) is 0. The van der Waals surface area contributed by atoms with E-state index in [4.69, 9.17) is 16.1 Å². The molecule has 1 N–H and O–H groups in total. The highest BCUT2D eigenvalue weighted by Gasteiger charge is 2.26. The van der Waals surface area contributed by atoms with E-state index in [2.05, 4.69) is 20.4 Å². The van der Waals surface area contributed by atoms with Crippen molar-refractivity contribution in [3.05, 3.63) is 34.4 Å². The van der Waals surface area contributed by atoms with E-state index in [9.17, 15) is 4.39 Å². The molecule has 0 saturated carbocycles. The van der Waals surface area contributed by atoms with Gasteiger partial charge in [0.1, 0.15) is 5.82 Å². The fourth-order valence-electron chi connectivity index (χ4n) is 2.40. The summed E-state index contributed by atoms with van der Waals surface area (Å²) in [5.41, 5.74) is 1.05. The highest BCUT2D eigenvalue weighted by atomic mass is 35.5. The third kappa shape index (κ3) is 3.25. The molecular formula is C14H17Cl2FN4O. The van der Waals surface area contributed by atoms with Crippen LogP contribution in [0.1, 0.15) is 17.4 Å². The van der Waals surface area contributed by atoms with Crippen molar-refractivity contribution in [1.82, 2.24) is 20.4 Å². The minimum atomic E-state index is -0.347. The summed E-state index contributed by atoms with van der Waals surface area (Å²) in [6.45, 7) is 4.31. The van der Waals surface area contributed by atoms with E-state index in [-0.39, 0.29) is 29.3 Å². The lowest BCUT2D eigenvalue weighted by Gasteiger charge is -2.30. The first-order valence-corrected chi connectivity index (χ1v) is 7.14. The van der Waals surface area contributed by atoms with Crippen molar-refractivity contribution in [1.29, 1.82) is 0 Å². The van der Waals surface area contributed by atoms with Gasteiger partial charge in [0.25, 0.3) is 5.89 Å². The highest BCUT2D eigenvalue weighted by Crippen LogP contribution is 2.30. The summed E-state index contributed by atoms with van der Waals surface area (Å²) < 4.78 is 18.8. The third-order valence-corrected chi connectivity index (χ3v) is 4.04. The number of piperazine rings is 1. The van der Waals surface area contributed by atoms with Gasteiger partial charge in [0.2, 0.25) is 0 Å². The van der Waals surface area contributed by atoms with Crippen LogP contribution in [0.2, 0.25) is 5.02 Å². The Morgan fingerprint density at radius 3 is 2.95 bits per heavy atom. The van der Waals surface area contributed by atoms with E-state index in [1.807, 2.05) is 7.05 Å². The number of halogens is 3. The summed E-state index contributed by atoms with van der Waals surface area (Å²) >= 11 is 6.07. The van der Waals surface area contributed by atoms with Gasteiger partial charge in [-0.15, -0.1) is 12.4 Å². The maximum absolute atomic E-state index is 13.5. The molecule has 1 aliphatic heterocycles. The first-order chi connectivity index (χ1) is 10.1. The zero-order valence-corrected chi connectivity index (χ0v) is 13.8. The number of hydrogen-bond donors (Lipinski definition) is 1. The second kappa shape index (κ2) is 6.91. The van der Waals surface area contributed by atoms with Crippen LogP contribution in [0.3, 0.4) is 0 Å². The number of nitrogens with zero attached hydrogens (tertiary/aromatic N) is 3. The van der Waals surface area contributed by atoms with E-state index in [1.165, 1.54) is 6.07 Å². The topological polar surface area (TPSA) is 54.2 Å². The van der Waals surface area contributed by atoms with Gasteiger partial charge in [-0.05, 0) is 31.7 Å². The Labute approximate surface area is 139 Å². The normalized spacial score (nSPS) is 19.0. The summed E-state index contributed by atoms with van der Waals surface area (Å²) in [4.78, 5) is 6.59. The largest absolute Gasteiger partial charge is 0.334 e. The molecule has 0 aliphatic carbocycles. The Balaban J connectivity index is 0.00000176. The van der Waals surface area contributed by atoms with Crippen LogP contribution in [-0.2, 0) is 0 Å². The molecule has 1 aromatic heterocycles. The molecule has 8 heteroatoms. The number of nitrogens with one attached hydrogen (secondary N) is 1. The molecule has 1 fully saturated rings. The third-order valence-electron chi connectivity index (χ3n) is 3.73. The van der Waals surface area contributed by atoms with Gasteiger partial charge in [0.15, 0.2) is 5.82 Å². The molecule has 2 heterocycles. The number of benzene rings is 1. The molecule has 0 spiro atoms. The monoisotopic (exact) mass is 346 g/mol. The molecule has 22 heavy (non-hydrogen) atoms. The van der Waals surface area contributed by atoms with Crippen molar-refractivity contribution in [2.75, 3.05) is 26.7 Å². The Bertz CT molecular complexity index is 664. The number of aryl methyl sites for hydroxylation is 1. The van der Waals surface area contributed by atoms with Gasteiger partial charge >= 0.3 is 0 Å². The van der Waals surface area contributed by atoms with Gasteiger partial charge in [-0.3, -0.25) is 4.90 Å². The molecule has 1 atom stereocenters. The van der Waals surface area contributed by atoms with Crippen molar-refractivity contribution in [2.24, 2.45) is 0 Å². The van der Waals surface area contributed by atoms with Crippen LogP contribution in [0.5, 0.6) is 0 Å². The second-order valence-electron chi connectivity index (χ2n) is 5.24. The van der Waals surface area contributed by atoms with Crippen LogP contribution in [0, 0.1) is 12.7 Å². The SMILES string of the molecule is Cc1cc(-c2nc(C3CNCCN3C)no2)c(Cl)cc1F.Cl. The molecule has 1 unspecified atom stereocenters. The highest BCUT2D eigenvalue weighted by molar-refractivity contribution is 6.33. The number of aromatic nitrogens is 2. The molecule has 1 aliphatic rings. The van der Waals surface area contributed by atoms with Crippen molar-refractivity contribution in [2.45, 2.75) is 13.0 Å². The van der Waals surface area contributed by atoms with Crippen LogP contribution in [0.25, 0.3) is 11.5 Å². The lowest BCUT2D eigenvalue weighted by atomic mass is 10.1. The van der Waals surface area contributed by atoms with Crippen molar-refractivity contribution in [3.63, 3.8) is 0 Å². The first-order valence-electron chi connectivity index (χ1n) is 6.77. The maximum Gasteiger partial charge on any atom is 0.259 e. The first kappa shape index (κ1) is 17.1. The Morgan fingerprint density at radius 1 is 1.45 bits per heavy atom. The molecule has 0 amide bonds. The van der Waals surface area contributed by atoms with E-state index < -0.39 is 0 Å². The Kier molecular flexibility index (Phi) is 5.39. The van der Waals surface area contributed by atoms with Crippen LogP contribution < -0.4 is 5.32 Å². The fraction of sp³-hybridized carbons (Fsp3) is 0.429. The molecule has 2 aromatic rings. The molecule has 0 radical (unpaired) electrons. The zero-order chi connectivity index (χ0) is 15.0. The maximum atomic E-state index is 13.5. The summed E-state index contributed by atoms with van der Waals surface area (Å²) in [7, 11) is 2.02. The fourth-order valence-corrected chi connectivity index (χ4v) is 2.63. The average Bonchev–Trinajstić information content (AvgIpc) is 2.92.